The van der Waals surface area contributed by atoms with Gasteiger partial charge < -0.3 is 0 Å². The fourth-order valence-electron chi connectivity index (χ4n) is 2.92. The summed E-state index contributed by atoms with van der Waals surface area (Å²) in [5.41, 5.74) is 2.88. The summed E-state index contributed by atoms with van der Waals surface area (Å²) in [6, 6.07) is 2.03. The number of aryl methyl sites for hydroxylation is 2. The largest absolute Gasteiger partial charge is 0.262 e. The van der Waals surface area contributed by atoms with Gasteiger partial charge in [0.05, 0.1) is 11.4 Å². The van der Waals surface area contributed by atoms with Crippen LogP contribution in [0.25, 0.3) is 11.4 Å². The van der Waals surface area contributed by atoms with E-state index >= 15 is 0 Å². The molecule has 0 saturated heterocycles. The lowest BCUT2D eigenvalue weighted by atomic mass is 9.89. The maximum atomic E-state index is 4.72. The Morgan fingerprint density at radius 3 is 2.75 bits per heavy atom. The van der Waals surface area contributed by atoms with Crippen molar-refractivity contribution < 1.29 is 0 Å². The van der Waals surface area contributed by atoms with Crippen molar-refractivity contribution in [3.8, 4) is 11.4 Å². The topological polar surface area (TPSA) is 67.3 Å². The maximum Gasteiger partial charge on any atom is 0.183 e. The number of aromatic nitrogens is 5. The van der Waals surface area contributed by atoms with Gasteiger partial charge in [0, 0.05) is 11.5 Å². The fourth-order valence-corrected chi connectivity index (χ4v) is 2.92. The van der Waals surface area contributed by atoms with Crippen molar-refractivity contribution in [1.29, 1.82) is 0 Å². The molecular weight excluding hydrogens is 250 g/mol. The zero-order valence-electron chi connectivity index (χ0n) is 12.2. The molecule has 0 spiro atoms. The second-order valence-electron chi connectivity index (χ2n) is 5.58. The van der Waals surface area contributed by atoms with Gasteiger partial charge in [-0.25, -0.2) is 4.98 Å². The van der Waals surface area contributed by atoms with E-state index < -0.39 is 0 Å². The van der Waals surface area contributed by atoms with Crippen LogP contribution in [0.4, 0.5) is 0 Å². The highest BCUT2D eigenvalue weighted by molar-refractivity contribution is 5.58. The van der Waals surface area contributed by atoms with Gasteiger partial charge in [-0.15, -0.1) is 0 Å². The molecule has 5 nitrogen and oxygen atoms in total. The van der Waals surface area contributed by atoms with Crippen LogP contribution in [0, 0.1) is 6.92 Å². The monoisotopic (exact) mass is 271 g/mol. The van der Waals surface area contributed by atoms with Gasteiger partial charge in [-0.2, -0.15) is 15.3 Å². The molecule has 1 N–H and O–H groups in total. The first-order valence-electron chi connectivity index (χ1n) is 7.53. The molecule has 2 aromatic rings. The van der Waals surface area contributed by atoms with Gasteiger partial charge in [-0.3, -0.25) is 5.10 Å². The number of aromatic amines is 1. The van der Waals surface area contributed by atoms with Gasteiger partial charge in [0.1, 0.15) is 5.82 Å². The molecule has 1 saturated carbocycles. The molecule has 20 heavy (non-hydrogen) atoms. The number of hydrogen-bond donors (Lipinski definition) is 1. The predicted molar refractivity (Wildman–Crippen MR) is 77.3 cm³/mol. The van der Waals surface area contributed by atoms with Crippen LogP contribution in [0.1, 0.15) is 62.2 Å². The molecule has 2 heterocycles. The molecule has 1 aliphatic carbocycles. The van der Waals surface area contributed by atoms with Crippen molar-refractivity contribution in [3.05, 3.63) is 23.3 Å². The van der Waals surface area contributed by atoms with Crippen LogP contribution in [-0.4, -0.2) is 25.4 Å². The average molecular weight is 271 g/mol. The highest BCUT2D eigenvalue weighted by Crippen LogP contribution is 2.31. The van der Waals surface area contributed by atoms with Crippen molar-refractivity contribution in [2.45, 2.75) is 58.3 Å². The molecule has 5 heteroatoms. The number of nitrogens with zero attached hydrogens (tertiary/aromatic N) is 4. The smallest absolute Gasteiger partial charge is 0.183 e. The zero-order chi connectivity index (χ0) is 13.9. The summed E-state index contributed by atoms with van der Waals surface area (Å²) in [5.74, 6) is 2.35. The molecule has 1 fully saturated rings. The Labute approximate surface area is 119 Å². The van der Waals surface area contributed by atoms with E-state index in [0.717, 1.165) is 35.0 Å². The molecule has 0 unspecified atom stereocenters. The number of rotatable bonds is 3. The maximum absolute atomic E-state index is 4.72. The second-order valence-corrected chi connectivity index (χ2v) is 5.58. The number of H-pyrrole nitrogens is 1. The van der Waals surface area contributed by atoms with Gasteiger partial charge in [0.25, 0.3) is 0 Å². The minimum Gasteiger partial charge on any atom is -0.262 e. The summed E-state index contributed by atoms with van der Waals surface area (Å²) in [6.07, 6.45) is 7.25. The van der Waals surface area contributed by atoms with Crippen LogP contribution < -0.4 is 0 Å². The van der Waals surface area contributed by atoms with Crippen molar-refractivity contribution in [2.24, 2.45) is 0 Å². The Morgan fingerprint density at radius 2 is 2.00 bits per heavy atom. The van der Waals surface area contributed by atoms with Crippen molar-refractivity contribution in [1.82, 2.24) is 25.4 Å². The van der Waals surface area contributed by atoms with Gasteiger partial charge in [0.2, 0.25) is 0 Å². The molecular formula is C15H21N5. The molecule has 1 aliphatic rings. The van der Waals surface area contributed by atoms with E-state index in [0.29, 0.717) is 5.92 Å². The normalized spacial score (nSPS) is 16.5. The van der Waals surface area contributed by atoms with Crippen molar-refractivity contribution in [2.75, 3.05) is 0 Å². The van der Waals surface area contributed by atoms with Crippen LogP contribution in [0.15, 0.2) is 6.07 Å². The van der Waals surface area contributed by atoms with Crippen molar-refractivity contribution >= 4 is 0 Å². The Balaban J connectivity index is 1.91. The van der Waals surface area contributed by atoms with Crippen molar-refractivity contribution in [3.63, 3.8) is 0 Å². The molecule has 0 aromatic carbocycles. The predicted octanol–water partition coefficient (Wildman–Crippen LogP) is 3.18. The zero-order valence-corrected chi connectivity index (χ0v) is 12.2. The Morgan fingerprint density at radius 1 is 1.20 bits per heavy atom. The third-order valence-corrected chi connectivity index (χ3v) is 4.06. The van der Waals surface area contributed by atoms with E-state index in [-0.39, 0.29) is 0 Å². The molecule has 0 bridgehead atoms. The standard InChI is InChI=1S/C15H21N5/c1-3-13-12(9-10(2)17-18-13)15-16-14(19-20-15)11-7-5-4-6-8-11/h9,11H,3-8H2,1-2H3,(H,16,19,20). The quantitative estimate of drug-likeness (QED) is 0.931. The Kier molecular flexibility index (Phi) is 3.76. The van der Waals surface area contributed by atoms with E-state index in [2.05, 4.69) is 27.3 Å². The molecule has 0 radical (unpaired) electrons. The minimum atomic E-state index is 0.547. The van der Waals surface area contributed by atoms with Gasteiger partial charge in [-0.05, 0) is 32.3 Å². The van der Waals surface area contributed by atoms with Crippen LogP contribution in [0.2, 0.25) is 0 Å². The van der Waals surface area contributed by atoms with E-state index in [9.17, 15) is 0 Å². The Hall–Kier alpha value is -1.78. The molecule has 0 atom stereocenters. The molecule has 2 aromatic heterocycles. The highest BCUT2D eigenvalue weighted by Gasteiger charge is 2.20. The highest BCUT2D eigenvalue weighted by atomic mass is 15.2. The summed E-state index contributed by atoms with van der Waals surface area (Å²) in [7, 11) is 0. The summed E-state index contributed by atoms with van der Waals surface area (Å²) < 4.78 is 0. The fraction of sp³-hybridized carbons (Fsp3) is 0.600. The first-order valence-corrected chi connectivity index (χ1v) is 7.53. The first-order chi connectivity index (χ1) is 9.78. The van der Waals surface area contributed by atoms with Gasteiger partial charge in [0.15, 0.2) is 5.82 Å². The summed E-state index contributed by atoms with van der Waals surface area (Å²) in [5, 5.41) is 15.9. The van der Waals surface area contributed by atoms with E-state index in [1.165, 1.54) is 32.1 Å². The number of hydrogen-bond acceptors (Lipinski definition) is 4. The lowest BCUT2D eigenvalue weighted by molar-refractivity contribution is 0.429. The number of nitrogens with one attached hydrogen (secondary N) is 1. The third kappa shape index (κ3) is 2.57. The van der Waals surface area contributed by atoms with Crippen LogP contribution in [-0.2, 0) is 6.42 Å². The first kappa shape index (κ1) is 13.2. The van der Waals surface area contributed by atoms with Gasteiger partial charge in [-0.1, -0.05) is 26.2 Å². The molecule has 0 amide bonds. The lowest BCUT2D eigenvalue weighted by Crippen LogP contribution is -2.06. The molecule has 3 rings (SSSR count). The summed E-state index contributed by atoms with van der Waals surface area (Å²) in [4.78, 5) is 4.72. The van der Waals surface area contributed by atoms with Crippen LogP contribution in [0.5, 0.6) is 0 Å². The van der Waals surface area contributed by atoms with E-state index in [4.69, 9.17) is 4.98 Å². The summed E-state index contributed by atoms with van der Waals surface area (Å²) in [6.45, 7) is 4.03. The van der Waals surface area contributed by atoms with Gasteiger partial charge >= 0.3 is 0 Å². The SMILES string of the molecule is CCc1nnc(C)cc1-c1n[nH]c(C2CCCCC2)n1. The van der Waals surface area contributed by atoms with Crippen LogP contribution in [0.3, 0.4) is 0 Å². The third-order valence-electron chi connectivity index (χ3n) is 4.06. The lowest BCUT2D eigenvalue weighted by Gasteiger charge is -2.18. The molecule has 106 valence electrons. The Bertz CT molecular complexity index is 584. The minimum absolute atomic E-state index is 0.547. The average Bonchev–Trinajstić information content (AvgIpc) is 2.98. The second kappa shape index (κ2) is 5.69. The molecule has 0 aliphatic heterocycles. The van der Waals surface area contributed by atoms with E-state index in [1.54, 1.807) is 0 Å². The summed E-state index contributed by atoms with van der Waals surface area (Å²) >= 11 is 0. The van der Waals surface area contributed by atoms with Crippen LogP contribution >= 0.6 is 0 Å². The van der Waals surface area contributed by atoms with E-state index in [1.807, 2.05) is 13.0 Å².